The molecule has 65 heavy (non-hydrogen) atoms. The number of rotatable bonds is 27. The highest BCUT2D eigenvalue weighted by atomic mass is 16.6. The minimum Gasteiger partial charge on any atom is -0.481 e. The molecule has 2 heterocycles. The highest BCUT2D eigenvalue weighted by molar-refractivity contribution is 5.91. The lowest BCUT2D eigenvalue weighted by Gasteiger charge is -2.41. The number of carboxylic acids is 1. The van der Waals surface area contributed by atoms with E-state index in [0.717, 1.165) is 22.9 Å². The molecule has 1 aliphatic rings. The van der Waals surface area contributed by atoms with Crippen molar-refractivity contribution >= 4 is 46.2 Å². The van der Waals surface area contributed by atoms with E-state index in [4.69, 9.17) is 19.3 Å². The van der Waals surface area contributed by atoms with E-state index in [0.29, 0.717) is 38.8 Å². The van der Waals surface area contributed by atoms with Crippen molar-refractivity contribution in [2.24, 2.45) is 35.5 Å². The first-order valence-electron chi connectivity index (χ1n) is 23.8. The molecule has 9 atom stereocenters. The average molecular weight is 911 g/mol. The molecule has 2 amide bonds. The summed E-state index contributed by atoms with van der Waals surface area (Å²) in [6, 6.07) is 6.48. The molecule has 14 heteroatoms. The fraction of sp³-hybridized carbons (Fsp3) is 0.725. The van der Waals surface area contributed by atoms with E-state index in [-0.39, 0.29) is 66.8 Å². The first-order valence-corrected chi connectivity index (χ1v) is 23.8. The lowest BCUT2D eigenvalue weighted by Crippen LogP contribution is -2.54. The molecular formula is C51H82N4O10. The van der Waals surface area contributed by atoms with Crippen LogP contribution in [0.25, 0.3) is 10.9 Å². The summed E-state index contributed by atoms with van der Waals surface area (Å²) in [5.41, 5.74) is 1.13. The number of amides is 2. The lowest BCUT2D eigenvalue weighted by atomic mass is 9.83. The van der Waals surface area contributed by atoms with Gasteiger partial charge in [0, 0.05) is 76.0 Å². The van der Waals surface area contributed by atoms with Gasteiger partial charge >= 0.3 is 11.9 Å². The van der Waals surface area contributed by atoms with Gasteiger partial charge in [-0.2, -0.15) is 0 Å². The number of esters is 1. The molecule has 1 saturated heterocycles. The van der Waals surface area contributed by atoms with E-state index in [1.54, 1.807) is 31.1 Å². The van der Waals surface area contributed by atoms with Gasteiger partial charge in [0.25, 0.3) is 0 Å². The number of nitrogens with zero attached hydrogens (tertiary/aromatic N) is 3. The van der Waals surface area contributed by atoms with E-state index in [1.807, 2.05) is 112 Å². The van der Waals surface area contributed by atoms with Gasteiger partial charge in [-0.25, -0.2) is 0 Å². The van der Waals surface area contributed by atoms with Gasteiger partial charge < -0.3 is 34.1 Å². The molecule has 1 fully saturated rings. The van der Waals surface area contributed by atoms with Crippen molar-refractivity contribution in [3.05, 3.63) is 36.0 Å². The molecule has 0 spiro atoms. The van der Waals surface area contributed by atoms with Crippen molar-refractivity contribution in [2.45, 2.75) is 163 Å². The number of hydrogen-bond donors (Lipinski definition) is 2. The number of para-hydroxylation sites is 1. The topological polar surface area (TPSA) is 176 Å². The van der Waals surface area contributed by atoms with Gasteiger partial charge in [0.15, 0.2) is 5.78 Å². The maximum Gasteiger partial charge on any atom is 0.310 e. The Labute approximate surface area is 388 Å². The monoisotopic (exact) mass is 911 g/mol. The molecule has 1 aromatic heterocycles. The Hall–Kier alpha value is -4.14. The Morgan fingerprint density at radius 3 is 2.14 bits per heavy atom. The number of nitrogens with one attached hydrogen (secondary N) is 1. The van der Waals surface area contributed by atoms with Crippen LogP contribution in [0.1, 0.15) is 126 Å². The van der Waals surface area contributed by atoms with E-state index < -0.39 is 65.6 Å². The number of Topliss-reactive ketones (excluding diaryl/α,β-unsaturated/α-hetero) is 2. The second kappa shape index (κ2) is 25.1. The number of hydrogen-bond acceptors (Lipinski definition) is 10. The maximum absolute atomic E-state index is 14.6. The Bertz CT molecular complexity index is 1890. The van der Waals surface area contributed by atoms with E-state index in [2.05, 4.69) is 4.98 Å². The number of aromatic nitrogens is 1. The number of carbonyl (C=O) groups excluding carboxylic acids is 5. The number of likely N-dealkylation sites (N-methyl/N-ethyl adjacent to an activating group) is 2. The van der Waals surface area contributed by atoms with Gasteiger partial charge in [-0.05, 0) is 89.4 Å². The van der Waals surface area contributed by atoms with Crippen LogP contribution in [-0.4, -0.2) is 137 Å². The van der Waals surface area contributed by atoms with Crippen LogP contribution in [0.2, 0.25) is 0 Å². The van der Waals surface area contributed by atoms with Crippen molar-refractivity contribution in [3.63, 3.8) is 0 Å². The van der Waals surface area contributed by atoms with Crippen molar-refractivity contribution in [1.29, 1.82) is 0 Å². The summed E-state index contributed by atoms with van der Waals surface area (Å²) < 4.78 is 18.0. The van der Waals surface area contributed by atoms with Crippen LogP contribution >= 0.6 is 0 Å². The smallest absolute Gasteiger partial charge is 0.310 e. The van der Waals surface area contributed by atoms with E-state index >= 15 is 0 Å². The van der Waals surface area contributed by atoms with Gasteiger partial charge in [-0.15, -0.1) is 0 Å². The summed E-state index contributed by atoms with van der Waals surface area (Å²) in [7, 11) is 6.68. The lowest BCUT2D eigenvalue weighted by molar-refractivity contribution is -0.161. The minimum absolute atomic E-state index is 0.00837. The molecule has 3 rings (SSSR count). The van der Waals surface area contributed by atoms with Crippen LogP contribution in [-0.2, 0) is 49.4 Å². The molecular weight excluding hydrogens is 829 g/mol. The number of methoxy groups -OCH3 is 2. The highest BCUT2D eigenvalue weighted by Gasteiger charge is 2.44. The number of carboxylic acid groups (broad SMARTS) is 1. The zero-order chi connectivity index (χ0) is 48.9. The summed E-state index contributed by atoms with van der Waals surface area (Å²) in [5.74, 6) is -4.16. The Morgan fingerprint density at radius 1 is 0.908 bits per heavy atom. The van der Waals surface area contributed by atoms with Gasteiger partial charge in [-0.3, -0.25) is 33.7 Å². The normalized spacial score (nSPS) is 18.3. The zero-order valence-corrected chi connectivity index (χ0v) is 42.0. The number of ketones is 2. The number of likely N-dealkylation sites (tertiary alicyclic amines) is 1. The third-order valence-electron chi connectivity index (χ3n) is 13.6. The van der Waals surface area contributed by atoms with Gasteiger partial charge in [-0.1, -0.05) is 73.1 Å². The minimum atomic E-state index is -0.882. The third kappa shape index (κ3) is 15.2. The van der Waals surface area contributed by atoms with Gasteiger partial charge in [0.1, 0.15) is 11.4 Å². The molecule has 0 aliphatic carbocycles. The van der Waals surface area contributed by atoms with Crippen LogP contribution in [0.5, 0.6) is 0 Å². The largest absolute Gasteiger partial charge is 0.481 e. The fourth-order valence-corrected chi connectivity index (χ4v) is 9.91. The second-order valence-electron chi connectivity index (χ2n) is 20.2. The van der Waals surface area contributed by atoms with E-state index in [1.165, 1.54) is 0 Å². The summed E-state index contributed by atoms with van der Waals surface area (Å²) in [6.45, 7) is 20.0. The molecule has 2 aromatic rings. The molecule has 0 radical (unpaired) electrons. The van der Waals surface area contributed by atoms with Crippen LogP contribution in [0.3, 0.4) is 0 Å². The number of fused-ring (bicyclic) bond motifs is 1. The molecule has 1 aliphatic heterocycles. The molecule has 1 aromatic carbocycles. The molecule has 0 unspecified atom stereocenters. The van der Waals surface area contributed by atoms with Gasteiger partial charge in [0.05, 0.1) is 42.7 Å². The third-order valence-corrected chi connectivity index (χ3v) is 13.6. The van der Waals surface area contributed by atoms with Crippen LogP contribution < -0.4 is 0 Å². The van der Waals surface area contributed by atoms with Crippen molar-refractivity contribution < 1.29 is 48.1 Å². The predicted octanol–water partition coefficient (Wildman–Crippen LogP) is 7.60. The number of H-pyrrole nitrogens is 1. The van der Waals surface area contributed by atoms with Crippen molar-refractivity contribution in [1.82, 2.24) is 19.7 Å². The van der Waals surface area contributed by atoms with E-state index in [9.17, 15) is 28.8 Å². The molecule has 0 saturated carbocycles. The summed E-state index contributed by atoms with van der Waals surface area (Å²) in [4.78, 5) is 90.8. The first-order chi connectivity index (χ1) is 30.5. The Kier molecular flexibility index (Phi) is 21.3. The number of aliphatic carboxylic acids is 1. The van der Waals surface area contributed by atoms with Crippen LogP contribution in [0.4, 0.5) is 0 Å². The Morgan fingerprint density at radius 2 is 1.57 bits per heavy atom. The van der Waals surface area contributed by atoms with Crippen molar-refractivity contribution in [2.75, 3.05) is 41.4 Å². The number of ether oxygens (including phenoxy) is 3. The van der Waals surface area contributed by atoms with Crippen LogP contribution in [0.15, 0.2) is 30.5 Å². The molecule has 14 nitrogen and oxygen atoms in total. The summed E-state index contributed by atoms with van der Waals surface area (Å²) in [6.07, 6.45) is 3.35. The molecule has 0 bridgehead atoms. The quantitative estimate of drug-likeness (QED) is 0.0845. The number of benzene rings is 1. The predicted molar refractivity (Wildman–Crippen MR) is 253 cm³/mol. The average Bonchev–Trinajstić information content (AvgIpc) is 3.88. The zero-order valence-electron chi connectivity index (χ0n) is 42.0. The van der Waals surface area contributed by atoms with Crippen LogP contribution in [0, 0.1) is 35.5 Å². The highest BCUT2D eigenvalue weighted by Crippen LogP contribution is 2.33. The Balaban J connectivity index is 1.82. The summed E-state index contributed by atoms with van der Waals surface area (Å²) in [5, 5.41) is 10.1. The second-order valence-corrected chi connectivity index (χ2v) is 20.2. The number of carbonyl (C=O) groups is 6. The van der Waals surface area contributed by atoms with Crippen molar-refractivity contribution in [3.8, 4) is 0 Å². The fourth-order valence-electron chi connectivity index (χ4n) is 9.91. The maximum atomic E-state index is 14.6. The number of aromatic amines is 1. The first kappa shape index (κ1) is 55.2. The van der Waals surface area contributed by atoms with Gasteiger partial charge in [0.2, 0.25) is 11.8 Å². The standard InChI is InChI=1S/C51H82N4O10/c1-15-33(6)47(54(12)49(61)38(31(2)3)28-42(57)46(32(4)5)53(11)24-19-23-45(59)60)43(63-13)29-44(58)55-25-18-22-40(55)48(64-14)34(7)41(56)27-35(50(62)65-51(8,9)10)26-36-30-52-39-21-17-16-20-37(36)39/h16-17,20-21,30-35,38,40,43,46-48,52H,15,18-19,22-29H2,1-14H3,(H,59,60)/t33-,34-,35+,38-,40-,43+,46-,47-,48+/m0/s1. The molecule has 2 N–H and O–H groups in total. The summed E-state index contributed by atoms with van der Waals surface area (Å²) >= 11 is 0. The SMILES string of the molecule is CC[C@H](C)[C@@H]([C@@H](CC(=O)N1CCC[C@H]1[C@H](OC)[C@@H](C)C(=O)C[C@@H](Cc1c[nH]c2ccccc12)C(=O)OC(C)(C)C)OC)N(C)C(=O)[C@@H](CC(=O)[C@H](C(C)C)N(C)CCCC(=O)O)C(C)C. The molecule has 366 valence electrons.